The first-order valence-corrected chi connectivity index (χ1v) is 7.75. The highest BCUT2D eigenvalue weighted by atomic mass is 16.3. The minimum absolute atomic E-state index is 0.0244. The van der Waals surface area contributed by atoms with Gasteiger partial charge in [0.05, 0.1) is 5.52 Å². The van der Waals surface area contributed by atoms with Gasteiger partial charge in [0, 0.05) is 36.6 Å². The highest BCUT2D eigenvalue weighted by molar-refractivity contribution is 5.88. The molecule has 1 aliphatic heterocycles. The zero-order valence-corrected chi connectivity index (χ0v) is 13.3. The molecule has 0 bridgehead atoms. The Hall–Kier alpha value is -3.08. The minimum atomic E-state index is -0.200. The predicted molar refractivity (Wildman–Crippen MR) is 98.4 cm³/mol. The van der Waals surface area contributed by atoms with Gasteiger partial charge < -0.3 is 15.0 Å². The zero-order chi connectivity index (χ0) is 17.1. The van der Waals surface area contributed by atoms with Gasteiger partial charge in [-0.15, -0.1) is 0 Å². The van der Waals surface area contributed by atoms with E-state index in [4.69, 9.17) is 0 Å². The lowest BCUT2D eigenvalue weighted by molar-refractivity contribution is 0.419. The van der Waals surface area contributed by atoms with Gasteiger partial charge in [-0.05, 0) is 24.1 Å². The molecule has 1 aliphatic rings. The molecule has 0 atom stereocenters. The number of benzene rings is 1. The van der Waals surface area contributed by atoms with Gasteiger partial charge in [0.1, 0.15) is 5.56 Å². The van der Waals surface area contributed by atoms with Gasteiger partial charge in [0.2, 0.25) is 11.3 Å². The van der Waals surface area contributed by atoms with Gasteiger partial charge in [-0.3, -0.25) is 9.79 Å². The fraction of sp³-hybridized carbons (Fsp3) is 0.158. The van der Waals surface area contributed by atoms with Crippen LogP contribution in [0.1, 0.15) is 11.1 Å². The third-order valence-corrected chi connectivity index (χ3v) is 4.06. The number of nitrogens with one attached hydrogen (secondary N) is 1. The molecule has 122 valence electrons. The van der Waals surface area contributed by atoms with Gasteiger partial charge in [0.25, 0.3) is 0 Å². The summed E-state index contributed by atoms with van der Waals surface area (Å²) in [6.45, 7) is 8.55. The molecule has 24 heavy (non-hydrogen) atoms. The van der Waals surface area contributed by atoms with Crippen molar-refractivity contribution in [2.45, 2.75) is 13.0 Å². The number of nitrogens with zero attached hydrogens (tertiary/aromatic N) is 2. The lowest BCUT2D eigenvalue weighted by Crippen LogP contribution is -2.20. The minimum Gasteiger partial charge on any atom is -0.494 e. The largest absolute Gasteiger partial charge is 0.494 e. The van der Waals surface area contributed by atoms with Crippen LogP contribution in [-0.4, -0.2) is 22.4 Å². The van der Waals surface area contributed by atoms with Crippen LogP contribution in [0, 0.1) is 0 Å². The number of aryl methyl sites for hydroxylation is 2. The molecular weight excluding hydrogens is 302 g/mol. The maximum atomic E-state index is 12.8. The summed E-state index contributed by atoms with van der Waals surface area (Å²) in [4.78, 5) is 16.7. The molecule has 0 unspecified atom stereocenters. The number of aliphatic imine (C=N–C) groups is 1. The number of aromatic hydroxyl groups is 1. The van der Waals surface area contributed by atoms with Crippen molar-refractivity contribution in [2.24, 2.45) is 4.99 Å². The summed E-state index contributed by atoms with van der Waals surface area (Å²) in [5, 5.41) is 14.2. The maximum Gasteiger partial charge on any atom is 0.205 e. The van der Waals surface area contributed by atoms with E-state index in [1.807, 2.05) is 12.1 Å². The Morgan fingerprint density at radius 1 is 1.46 bits per heavy atom. The van der Waals surface area contributed by atoms with E-state index < -0.39 is 0 Å². The molecule has 2 heterocycles. The molecule has 0 amide bonds. The summed E-state index contributed by atoms with van der Waals surface area (Å²) in [6, 6.07) is 5.67. The van der Waals surface area contributed by atoms with Crippen molar-refractivity contribution in [2.75, 3.05) is 6.54 Å². The molecule has 0 aliphatic carbocycles. The molecule has 0 spiro atoms. The van der Waals surface area contributed by atoms with E-state index in [1.54, 1.807) is 35.2 Å². The highest BCUT2D eigenvalue weighted by Crippen LogP contribution is 2.31. The highest BCUT2D eigenvalue weighted by Gasteiger charge is 2.23. The fourth-order valence-corrected chi connectivity index (χ4v) is 2.99. The summed E-state index contributed by atoms with van der Waals surface area (Å²) in [5.74, 6) is -0.0244. The van der Waals surface area contributed by atoms with Crippen molar-refractivity contribution in [3.8, 4) is 5.88 Å². The first kappa shape index (κ1) is 15.8. The summed E-state index contributed by atoms with van der Waals surface area (Å²) in [7, 11) is 0. The molecule has 1 aromatic carbocycles. The van der Waals surface area contributed by atoms with Crippen LogP contribution < -0.4 is 10.7 Å². The first-order chi connectivity index (χ1) is 11.6. The van der Waals surface area contributed by atoms with Gasteiger partial charge in [-0.2, -0.15) is 0 Å². The number of rotatable bonds is 6. The number of hydrogen-bond acceptors (Lipinski definition) is 4. The van der Waals surface area contributed by atoms with E-state index in [9.17, 15) is 9.90 Å². The third kappa shape index (κ3) is 2.65. The maximum absolute atomic E-state index is 12.8. The monoisotopic (exact) mass is 321 g/mol. The van der Waals surface area contributed by atoms with Crippen LogP contribution in [0.2, 0.25) is 0 Å². The van der Waals surface area contributed by atoms with Crippen LogP contribution in [0.5, 0.6) is 5.88 Å². The van der Waals surface area contributed by atoms with Crippen LogP contribution in [0.25, 0.3) is 16.6 Å². The Kier molecular flexibility index (Phi) is 4.33. The Labute approximate surface area is 140 Å². The van der Waals surface area contributed by atoms with Gasteiger partial charge >= 0.3 is 0 Å². The van der Waals surface area contributed by atoms with Crippen molar-refractivity contribution in [1.29, 1.82) is 0 Å². The van der Waals surface area contributed by atoms with E-state index in [2.05, 4.69) is 23.5 Å². The second kappa shape index (κ2) is 6.58. The zero-order valence-electron chi connectivity index (χ0n) is 13.3. The molecule has 0 saturated heterocycles. The van der Waals surface area contributed by atoms with Crippen molar-refractivity contribution < 1.29 is 5.11 Å². The summed E-state index contributed by atoms with van der Waals surface area (Å²) in [5.41, 5.74) is 2.35. The quantitative estimate of drug-likeness (QED) is 0.804. The summed E-state index contributed by atoms with van der Waals surface area (Å²) < 4.78 is 1.79. The average Bonchev–Trinajstić information content (AvgIpc) is 3.01. The summed E-state index contributed by atoms with van der Waals surface area (Å²) in [6.07, 6.45) is 7.39. The second-order valence-electron chi connectivity index (χ2n) is 5.52. The molecule has 2 aromatic rings. The normalized spacial score (nSPS) is 13.2. The van der Waals surface area contributed by atoms with E-state index in [0.29, 0.717) is 24.2 Å². The van der Waals surface area contributed by atoms with Crippen LogP contribution in [0.3, 0.4) is 0 Å². The molecule has 0 radical (unpaired) electrons. The Bertz CT molecular complexity index is 936. The molecule has 5 nitrogen and oxygen atoms in total. The molecule has 0 fully saturated rings. The van der Waals surface area contributed by atoms with E-state index in [1.165, 1.54) is 0 Å². The standard InChI is InChI=1S/C19H19N3O2/c1-3-9-20-10-5-11-21-13(2)16-18(23)15-7-4-6-14-8-12-22(17(14)15)19(16)24/h3-7,9-10,21,24H,1-2,8,11-12H2/b10-5-,20-9-. The van der Waals surface area contributed by atoms with Crippen molar-refractivity contribution in [1.82, 2.24) is 9.88 Å². The van der Waals surface area contributed by atoms with Crippen molar-refractivity contribution in [3.63, 3.8) is 0 Å². The first-order valence-electron chi connectivity index (χ1n) is 7.75. The average molecular weight is 321 g/mol. The van der Waals surface area contributed by atoms with E-state index in [0.717, 1.165) is 17.5 Å². The molecule has 0 saturated carbocycles. The number of pyridine rings is 1. The second-order valence-corrected chi connectivity index (χ2v) is 5.52. The smallest absolute Gasteiger partial charge is 0.205 e. The molecule has 2 N–H and O–H groups in total. The number of hydrogen-bond donors (Lipinski definition) is 2. The fourth-order valence-electron chi connectivity index (χ4n) is 2.99. The predicted octanol–water partition coefficient (Wildman–Crippen LogP) is 2.59. The Morgan fingerprint density at radius 3 is 3.08 bits per heavy atom. The number of para-hydroxylation sites is 1. The van der Waals surface area contributed by atoms with Gasteiger partial charge in [-0.25, -0.2) is 0 Å². The molecule has 3 rings (SSSR count). The van der Waals surface area contributed by atoms with Crippen molar-refractivity contribution in [3.05, 3.63) is 71.1 Å². The van der Waals surface area contributed by atoms with Crippen molar-refractivity contribution >= 4 is 22.8 Å². The Morgan fingerprint density at radius 2 is 2.29 bits per heavy atom. The SMILES string of the molecule is C=C/C=N\C=C/CNC(=C)c1c(O)n2c3c(cccc3c1=O)CC2. The molecular formula is C19H19N3O2. The van der Waals surface area contributed by atoms with Crippen LogP contribution in [0.4, 0.5) is 0 Å². The third-order valence-electron chi connectivity index (χ3n) is 4.06. The van der Waals surface area contributed by atoms with Gasteiger partial charge in [-0.1, -0.05) is 31.4 Å². The van der Waals surface area contributed by atoms with Crippen LogP contribution in [0.15, 0.2) is 59.5 Å². The van der Waals surface area contributed by atoms with E-state index >= 15 is 0 Å². The lowest BCUT2D eigenvalue weighted by Gasteiger charge is -2.14. The topological polar surface area (TPSA) is 66.6 Å². The van der Waals surface area contributed by atoms with Gasteiger partial charge in [0.15, 0.2) is 0 Å². The number of aromatic nitrogens is 1. The van der Waals surface area contributed by atoms with Crippen LogP contribution in [-0.2, 0) is 13.0 Å². The Balaban J connectivity index is 1.92. The van der Waals surface area contributed by atoms with E-state index in [-0.39, 0.29) is 16.9 Å². The molecule has 1 aromatic heterocycles. The summed E-state index contributed by atoms with van der Waals surface area (Å²) >= 11 is 0. The van der Waals surface area contributed by atoms with Crippen LogP contribution >= 0.6 is 0 Å². The number of allylic oxidation sites excluding steroid dienone is 1. The molecule has 5 heteroatoms. The lowest BCUT2D eigenvalue weighted by atomic mass is 10.1.